The molecule has 1 aliphatic heterocycles. The fourth-order valence-corrected chi connectivity index (χ4v) is 4.67. The van der Waals surface area contributed by atoms with Crippen LogP contribution in [-0.2, 0) is 4.79 Å². The van der Waals surface area contributed by atoms with Crippen LogP contribution in [0.3, 0.4) is 0 Å². The van der Waals surface area contributed by atoms with Gasteiger partial charge in [0.25, 0.3) is 0 Å². The van der Waals surface area contributed by atoms with Crippen molar-refractivity contribution in [1.82, 2.24) is 5.16 Å². The Balaban J connectivity index is 1.61. The third-order valence-corrected chi connectivity index (χ3v) is 6.16. The van der Waals surface area contributed by atoms with Crippen molar-refractivity contribution in [2.45, 2.75) is 31.6 Å². The van der Waals surface area contributed by atoms with E-state index >= 15 is 0 Å². The molecule has 0 radical (unpaired) electrons. The standard InChI is InChI=1S/C24H22N2O5/c1-12-21-22(14-5-8-20(30-2)18(28)10-14)23-17(25-24(21)31-26-12)9-15(11-19(23)29)13-3-6-16(27)7-4-13/h3-8,10,15,22,25,27-28H,9,11H2,1-2H3/t15-,22-/m1/s1. The number of carbonyl (C=O) groups is 1. The van der Waals surface area contributed by atoms with Gasteiger partial charge in [0.2, 0.25) is 5.88 Å². The highest BCUT2D eigenvalue weighted by molar-refractivity contribution is 6.01. The van der Waals surface area contributed by atoms with E-state index in [-0.39, 0.29) is 29.1 Å². The van der Waals surface area contributed by atoms with Crippen LogP contribution in [0.2, 0.25) is 0 Å². The van der Waals surface area contributed by atoms with Crippen LogP contribution >= 0.6 is 0 Å². The number of phenolic OH excluding ortho intramolecular Hbond substituents is 2. The van der Waals surface area contributed by atoms with E-state index in [9.17, 15) is 15.0 Å². The van der Waals surface area contributed by atoms with Crippen molar-refractivity contribution in [1.29, 1.82) is 0 Å². The summed E-state index contributed by atoms with van der Waals surface area (Å²) in [7, 11) is 1.50. The molecule has 2 atom stereocenters. The fraction of sp³-hybridized carbons (Fsp3) is 0.250. The summed E-state index contributed by atoms with van der Waals surface area (Å²) in [4.78, 5) is 13.4. The van der Waals surface area contributed by atoms with Gasteiger partial charge in [-0.3, -0.25) is 4.79 Å². The summed E-state index contributed by atoms with van der Waals surface area (Å²) >= 11 is 0. The monoisotopic (exact) mass is 418 g/mol. The molecule has 3 aromatic rings. The number of benzene rings is 2. The summed E-state index contributed by atoms with van der Waals surface area (Å²) in [5.74, 6) is 0.757. The Bertz CT molecular complexity index is 1210. The number of aryl methyl sites for hydroxylation is 1. The molecule has 0 saturated carbocycles. The molecule has 0 unspecified atom stereocenters. The van der Waals surface area contributed by atoms with Gasteiger partial charge < -0.3 is 24.8 Å². The van der Waals surface area contributed by atoms with Crippen molar-refractivity contribution >= 4 is 11.7 Å². The Kier molecular flexibility index (Phi) is 4.46. The number of hydrogen-bond acceptors (Lipinski definition) is 7. The second-order valence-corrected chi connectivity index (χ2v) is 8.01. The molecule has 0 amide bonds. The third kappa shape index (κ3) is 3.13. The number of nitrogens with zero attached hydrogens (tertiary/aromatic N) is 1. The van der Waals surface area contributed by atoms with Crippen LogP contribution in [0.4, 0.5) is 5.88 Å². The number of methoxy groups -OCH3 is 1. The number of phenols is 2. The molecule has 2 aliphatic rings. The number of fused-ring (bicyclic) bond motifs is 1. The second kappa shape index (κ2) is 7.19. The Morgan fingerprint density at radius 1 is 1.10 bits per heavy atom. The third-order valence-electron chi connectivity index (χ3n) is 6.16. The van der Waals surface area contributed by atoms with Crippen molar-refractivity contribution < 1.29 is 24.3 Å². The number of carbonyl (C=O) groups excluding carboxylic acids is 1. The first kappa shape index (κ1) is 19.2. The number of nitrogens with one attached hydrogen (secondary N) is 1. The molecule has 2 aromatic carbocycles. The van der Waals surface area contributed by atoms with Gasteiger partial charge in [0.15, 0.2) is 17.3 Å². The fourth-order valence-electron chi connectivity index (χ4n) is 4.67. The van der Waals surface area contributed by atoms with Gasteiger partial charge in [-0.1, -0.05) is 23.4 Å². The highest BCUT2D eigenvalue weighted by Crippen LogP contribution is 2.49. The molecule has 0 saturated heterocycles. The number of Topliss-reactive ketones (excluding diaryl/α,β-unsaturated/α-hetero) is 1. The van der Waals surface area contributed by atoms with Crippen LogP contribution in [0.5, 0.6) is 17.2 Å². The van der Waals surface area contributed by atoms with E-state index in [1.54, 1.807) is 24.3 Å². The van der Waals surface area contributed by atoms with Gasteiger partial charge in [0.05, 0.1) is 18.4 Å². The average Bonchev–Trinajstić information content (AvgIpc) is 3.13. The lowest BCUT2D eigenvalue weighted by molar-refractivity contribution is -0.116. The molecule has 0 fully saturated rings. The minimum absolute atomic E-state index is 0.00478. The lowest BCUT2D eigenvalue weighted by Gasteiger charge is -2.34. The summed E-state index contributed by atoms with van der Waals surface area (Å²) in [6, 6.07) is 12.2. The number of aromatic hydroxyl groups is 2. The molecule has 1 aliphatic carbocycles. The number of allylic oxidation sites excluding steroid dienone is 2. The quantitative estimate of drug-likeness (QED) is 0.580. The lowest BCUT2D eigenvalue weighted by Crippen LogP contribution is -2.29. The number of anilines is 1. The topological polar surface area (TPSA) is 105 Å². The molecular formula is C24H22N2O5. The van der Waals surface area contributed by atoms with Gasteiger partial charge in [-0.05, 0) is 54.7 Å². The van der Waals surface area contributed by atoms with Crippen LogP contribution in [0.1, 0.15) is 47.1 Å². The molecule has 2 heterocycles. The van der Waals surface area contributed by atoms with Crippen molar-refractivity contribution in [2.75, 3.05) is 12.4 Å². The van der Waals surface area contributed by atoms with Crippen molar-refractivity contribution in [3.05, 3.63) is 76.1 Å². The van der Waals surface area contributed by atoms with Gasteiger partial charge in [-0.15, -0.1) is 0 Å². The summed E-state index contributed by atoms with van der Waals surface area (Å²) in [6.07, 6.45) is 0.993. The van der Waals surface area contributed by atoms with E-state index in [4.69, 9.17) is 9.26 Å². The Morgan fingerprint density at radius 2 is 1.84 bits per heavy atom. The Morgan fingerprint density at radius 3 is 2.55 bits per heavy atom. The highest BCUT2D eigenvalue weighted by atomic mass is 16.5. The first-order valence-electron chi connectivity index (χ1n) is 10.1. The van der Waals surface area contributed by atoms with Crippen molar-refractivity contribution in [3.8, 4) is 17.2 Å². The SMILES string of the molecule is COc1ccc([C@H]2C3=C(C[C@@H](c4ccc(O)cc4)CC3=O)Nc3onc(C)c32)cc1O. The predicted octanol–water partition coefficient (Wildman–Crippen LogP) is 4.36. The highest BCUT2D eigenvalue weighted by Gasteiger charge is 2.41. The molecule has 3 N–H and O–H groups in total. The van der Waals surface area contributed by atoms with E-state index in [1.807, 2.05) is 25.1 Å². The minimum Gasteiger partial charge on any atom is -0.508 e. The minimum atomic E-state index is -0.387. The maximum absolute atomic E-state index is 13.4. The van der Waals surface area contributed by atoms with Crippen LogP contribution in [0.15, 0.2) is 58.3 Å². The normalized spacial score (nSPS) is 20.1. The van der Waals surface area contributed by atoms with E-state index < -0.39 is 0 Å². The van der Waals surface area contributed by atoms with E-state index in [0.717, 1.165) is 22.4 Å². The molecule has 158 valence electrons. The first-order chi connectivity index (χ1) is 15.0. The summed E-state index contributed by atoms with van der Waals surface area (Å²) < 4.78 is 10.7. The zero-order valence-corrected chi connectivity index (χ0v) is 17.2. The molecule has 5 rings (SSSR count). The number of ketones is 1. The van der Waals surface area contributed by atoms with E-state index in [1.165, 1.54) is 7.11 Å². The van der Waals surface area contributed by atoms with Crippen LogP contribution in [-0.4, -0.2) is 28.3 Å². The van der Waals surface area contributed by atoms with Crippen molar-refractivity contribution in [3.63, 3.8) is 0 Å². The smallest absolute Gasteiger partial charge is 0.233 e. The number of aromatic nitrogens is 1. The molecule has 1 aromatic heterocycles. The van der Waals surface area contributed by atoms with E-state index in [0.29, 0.717) is 35.7 Å². The average molecular weight is 418 g/mol. The molecule has 0 bridgehead atoms. The van der Waals surface area contributed by atoms with Crippen LogP contribution in [0.25, 0.3) is 0 Å². The molecular weight excluding hydrogens is 396 g/mol. The zero-order chi connectivity index (χ0) is 21.7. The molecule has 7 heteroatoms. The van der Waals surface area contributed by atoms with Crippen LogP contribution < -0.4 is 10.1 Å². The predicted molar refractivity (Wildman–Crippen MR) is 113 cm³/mol. The molecule has 0 spiro atoms. The second-order valence-electron chi connectivity index (χ2n) is 8.01. The number of ether oxygens (including phenoxy) is 1. The molecule has 7 nitrogen and oxygen atoms in total. The Hall–Kier alpha value is -3.74. The van der Waals surface area contributed by atoms with Gasteiger partial charge in [-0.25, -0.2) is 0 Å². The summed E-state index contributed by atoms with van der Waals surface area (Å²) in [5, 5.41) is 27.4. The van der Waals surface area contributed by atoms with Gasteiger partial charge in [-0.2, -0.15) is 0 Å². The van der Waals surface area contributed by atoms with Gasteiger partial charge in [0, 0.05) is 23.6 Å². The molecule has 31 heavy (non-hydrogen) atoms. The van der Waals surface area contributed by atoms with Crippen molar-refractivity contribution in [2.24, 2.45) is 0 Å². The summed E-state index contributed by atoms with van der Waals surface area (Å²) in [6.45, 7) is 1.85. The zero-order valence-electron chi connectivity index (χ0n) is 17.2. The maximum Gasteiger partial charge on any atom is 0.233 e. The largest absolute Gasteiger partial charge is 0.508 e. The van der Waals surface area contributed by atoms with Gasteiger partial charge in [0.1, 0.15) is 5.75 Å². The van der Waals surface area contributed by atoms with Gasteiger partial charge >= 0.3 is 0 Å². The van der Waals surface area contributed by atoms with Crippen LogP contribution in [0, 0.1) is 6.92 Å². The Labute approximate surface area is 179 Å². The number of hydrogen-bond donors (Lipinski definition) is 3. The van der Waals surface area contributed by atoms with E-state index in [2.05, 4.69) is 10.5 Å². The number of rotatable bonds is 3. The lowest BCUT2D eigenvalue weighted by atomic mass is 9.72. The maximum atomic E-state index is 13.4. The first-order valence-corrected chi connectivity index (χ1v) is 10.1. The summed E-state index contributed by atoms with van der Waals surface area (Å²) in [5.41, 5.74) is 4.76.